The lowest BCUT2D eigenvalue weighted by Crippen LogP contribution is -3.00. The minimum atomic E-state index is -1.09. The minimum Gasteiger partial charge on any atom is -1.00 e. The average Bonchev–Trinajstić information content (AvgIpc) is 2.87. The molecule has 0 spiro atoms. The molecular weight excluding hydrogens is 463 g/mol. The van der Waals surface area contributed by atoms with Gasteiger partial charge in [0.15, 0.2) is 0 Å². The third-order valence-electron chi connectivity index (χ3n) is 7.75. The highest BCUT2D eigenvalue weighted by Crippen LogP contribution is 2.59. The Hall–Kier alpha value is -0.320. The highest BCUT2D eigenvalue weighted by Gasteiger charge is 2.38. The van der Waals surface area contributed by atoms with E-state index in [0.717, 1.165) is 0 Å². The van der Waals surface area contributed by atoms with Gasteiger partial charge in [0, 0.05) is 7.26 Å². The fourth-order valence-electron chi connectivity index (χ4n) is 5.41. The van der Waals surface area contributed by atoms with E-state index in [1.165, 1.54) is 146 Å². The Labute approximate surface area is 228 Å². The van der Waals surface area contributed by atoms with Crippen LogP contribution in [0.3, 0.4) is 0 Å². The van der Waals surface area contributed by atoms with E-state index < -0.39 is 7.26 Å². The number of hydrogen-bond acceptors (Lipinski definition) is 0. The van der Waals surface area contributed by atoms with Gasteiger partial charge < -0.3 is 12.4 Å². The van der Waals surface area contributed by atoms with Crippen LogP contribution >= 0.6 is 7.26 Å². The lowest BCUT2D eigenvalue weighted by molar-refractivity contribution is -0.00000743. The van der Waals surface area contributed by atoms with Gasteiger partial charge in [-0.1, -0.05) is 129 Å². The molecule has 1 aromatic rings. The molecule has 0 aromatic heterocycles. The van der Waals surface area contributed by atoms with Crippen LogP contribution in [0.4, 0.5) is 0 Å². The van der Waals surface area contributed by atoms with Crippen LogP contribution in [0.2, 0.25) is 0 Å². The zero-order chi connectivity index (χ0) is 24.7. The van der Waals surface area contributed by atoms with E-state index in [0.29, 0.717) is 0 Å². The topological polar surface area (TPSA) is 0 Å². The fourth-order valence-corrected chi connectivity index (χ4v) is 10.1. The number of halogens is 1. The van der Waals surface area contributed by atoms with E-state index in [1.54, 1.807) is 5.30 Å². The van der Waals surface area contributed by atoms with E-state index >= 15 is 0 Å². The SMILES string of the molecule is C=Cc1ccc([P+](CCCCCCCC)(CCCCCCCC)CCCCCCCCC)cc1.[Cl-]. The Kier molecular flexibility index (Phi) is 23.8. The molecule has 0 saturated heterocycles. The molecule has 0 aliphatic heterocycles. The zero-order valence-electron chi connectivity index (χ0n) is 24.0. The molecule has 0 amide bonds. The molecule has 35 heavy (non-hydrogen) atoms. The summed E-state index contributed by atoms with van der Waals surface area (Å²) >= 11 is 0. The second-order valence-corrected chi connectivity index (χ2v) is 14.9. The Morgan fingerprint density at radius 2 is 0.829 bits per heavy atom. The van der Waals surface area contributed by atoms with Crippen molar-refractivity contribution in [1.29, 1.82) is 0 Å². The van der Waals surface area contributed by atoms with Crippen molar-refractivity contribution in [2.75, 3.05) is 18.5 Å². The number of benzene rings is 1. The molecule has 1 aromatic carbocycles. The molecule has 1 rings (SSSR count). The summed E-state index contributed by atoms with van der Waals surface area (Å²) in [5.74, 6) is 0. The van der Waals surface area contributed by atoms with Crippen molar-refractivity contribution in [3.63, 3.8) is 0 Å². The summed E-state index contributed by atoms with van der Waals surface area (Å²) in [5, 5.41) is 1.73. The van der Waals surface area contributed by atoms with Crippen LogP contribution in [0, 0.1) is 0 Å². The number of rotatable bonds is 24. The summed E-state index contributed by atoms with van der Waals surface area (Å²) in [7, 11) is -1.09. The van der Waals surface area contributed by atoms with E-state index in [4.69, 9.17) is 0 Å². The summed E-state index contributed by atoms with van der Waals surface area (Å²) < 4.78 is 0. The largest absolute Gasteiger partial charge is 1.00 e. The molecule has 2 heteroatoms. The first kappa shape index (κ1) is 34.7. The van der Waals surface area contributed by atoms with Crippen molar-refractivity contribution in [2.24, 2.45) is 0 Å². The van der Waals surface area contributed by atoms with Crippen LogP contribution < -0.4 is 17.7 Å². The first-order valence-corrected chi connectivity index (χ1v) is 17.7. The van der Waals surface area contributed by atoms with Crippen LogP contribution in [0.15, 0.2) is 30.8 Å². The van der Waals surface area contributed by atoms with E-state index in [1.807, 2.05) is 6.08 Å². The molecule has 0 N–H and O–H groups in total. The Bertz CT molecular complexity index is 563. The van der Waals surface area contributed by atoms with Crippen LogP contribution in [0.1, 0.15) is 148 Å². The zero-order valence-corrected chi connectivity index (χ0v) is 25.6. The number of unbranched alkanes of at least 4 members (excludes halogenated alkanes) is 16. The number of hydrogen-bond donors (Lipinski definition) is 0. The third-order valence-corrected chi connectivity index (χ3v) is 12.7. The van der Waals surface area contributed by atoms with Crippen molar-refractivity contribution in [3.05, 3.63) is 36.4 Å². The summed E-state index contributed by atoms with van der Waals surface area (Å²) in [6, 6.07) is 9.68. The molecule has 0 nitrogen and oxygen atoms in total. The summed E-state index contributed by atoms with van der Waals surface area (Å²) in [4.78, 5) is 0. The van der Waals surface area contributed by atoms with E-state index in [9.17, 15) is 0 Å². The molecule has 0 heterocycles. The highest BCUT2D eigenvalue weighted by atomic mass is 35.5. The third kappa shape index (κ3) is 16.2. The highest BCUT2D eigenvalue weighted by molar-refractivity contribution is 7.82. The van der Waals surface area contributed by atoms with Crippen molar-refractivity contribution >= 4 is 18.6 Å². The van der Waals surface area contributed by atoms with Crippen molar-refractivity contribution in [1.82, 2.24) is 0 Å². The predicted molar refractivity (Wildman–Crippen MR) is 162 cm³/mol. The maximum atomic E-state index is 3.99. The molecule has 0 fully saturated rings. The van der Waals surface area contributed by atoms with Gasteiger partial charge in [-0.3, -0.25) is 0 Å². The van der Waals surface area contributed by atoms with Gasteiger partial charge in [0.2, 0.25) is 0 Å². The van der Waals surface area contributed by atoms with Gasteiger partial charge in [-0.05, 0) is 56.2 Å². The summed E-state index contributed by atoms with van der Waals surface area (Å²) in [6.45, 7) is 11.0. The smallest absolute Gasteiger partial charge is 0.0939 e. The fraction of sp³-hybridized carbons (Fsp3) is 0.758. The Morgan fingerprint density at radius 1 is 0.514 bits per heavy atom. The molecular formula is C33H60ClP. The normalized spacial score (nSPS) is 11.4. The van der Waals surface area contributed by atoms with Gasteiger partial charge in [-0.2, -0.15) is 0 Å². The quantitative estimate of drug-likeness (QED) is 0.0943. The second-order valence-electron chi connectivity index (χ2n) is 10.8. The van der Waals surface area contributed by atoms with Crippen LogP contribution in [0.25, 0.3) is 6.08 Å². The van der Waals surface area contributed by atoms with E-state index in [2.05, 4.69) is 51.6 Å². The first-order valence-electron chi connectivity index (χ1n) is 15.3. The van der Waals surface area contributed by atoms with Crippen molar-refractivity contribution in [3.8, 4) is 0 Å². The average molecular weight is 523 g/mol. The lowest BCUT2D eigenvalue weighted by atomic mass is 10.1. The molecule has 0 unspecified atom stereocenters. The first-order chi connectivity index (χ1) is 16.7. The second kappa shape index (κ2) is 24.0. The minimum absolute atomic E-state index is 0. The van der Waals surface area contributed by atoms with Crippen LogP contribution in [0.5, 0.6) is 0 Å². The molecule has 0 atom stereocenters. The molecule has 0 saturated carbocycles. The Morgan fingerprint density at radius 3 is 1.14 bits per heavy atom. The predicted octanol–water partition coefficient (Wildman–Crippen LogP) is 8.45. The molecule has 0 aliphatic carbocycles. The van der Waals surface area contributed by atoms with Gasteiger partial charge >= 0.3 is 0 Å². The maximum Gasteiger partial charge on any atom is 0.0939 e. The van der Waals surface area contributed by atoms with Gasteiger partial charge in [-0.15, -0.1) is 0 Å². The monoisotopic (exact) mass is 522 g/mol. The van der Waals surface area contributed by atoms with E-state index in [-0.39, 0.29) is 12.4 Å². The van der Waals surface area contributed by atoms with Crippen molar-refractivity contribution in [2.45, 2.75) is 143 Å². The van der Waals surface area contributed by atoms with Crippen LogP contribution in [-0.4, -0.2) is 18.5 Å². The Balaban J connectivity index is 0.0000116. The molecule has 204 valence electrons. The van der Waals surface area contributed by atoms with Gasteiger partial charge in [0.1, 0.15) is 0 Å². The van der Waals surface area contributed by atoms with Gasteiger partial charge in [0.25, 0.3) is 0 Å². The standard InChI is InChI=1S/C33H60P.ClH/c1-5-9-12-15-18-21-24-31-34(29-22-19-16-13-10-6-2,30-23-20-17-14-11-7-3)33-27-25-32(8-4)26-28-33;/h8,25-28H,4-7,9-24,29-31H2,1-3H3;1H/q+1;/p-1. The van der Waals surface area contributed by atoms with Gasteiger partial charge in [-0.25, -0.2) is 0 Å². The summed E-state index contributed by atoms with van der Waals surface area (Å²) in [6.07, 6.45) is 33.6. The molecule has 0 aliphatic rings. The van der Waals surface area contributed by atoms with Crippen LogP contribution in [-0.2, 0) is 0 Å². The van der Waals surface area contributed by atoms with Crippen molar-refractivity contribution < 1.29 is 12.4 Å². The molecule has 0 bridgehead atoms. The molecule has 0 radical (unpaired) electrons. The summed E-state index contributed by atoms with van der Waals surface area (Å²) in [5.41, 5.74) is 1.27. The maximum absolute atomic E-state index is 3.99. The lowest BCUT2D eigenvalue weighted by Gasteiger charge is -2.28. The van der Waals surface area contributed by atoms with Gasteiger partial charge in [0.05, 0.1) is 23.8 Å².